The lowest BCUT2D eigenvalue weighted by atomic mass is 10.0. The van der Waals surface area contributed by atoms with Crippen molar-refractivity contribution in [3.05, 3.63) is 33.3 Å². The van der Waals surface area contributed by atoms with Gasteiger partial charge in [-0.3, -0.25) is 4.90 Å². The van der Waals surface area contributed by atoms with E-state index in [2.05, 4.69) is 27.8 Å². The van der Waals surface area contributed by atoms with Gasteiger partial charge < -0.3 is 15.2 Å². The average molecular weight is 380 g/mol. The summed E-state index contributed by atoms with van der Waals surface area (Å²) in [6, 6.07) is 6.06. The van der Waals surface area contributed by atoms with Crippen LogP contribution in [0, 0.1) is 0 Å². The minimum Gasteiger partial charge on any atom is -0.383 e. The van der Waals surface area contributed by atoms with E-state index in [0.29, 0.717) is 24.8 Å². The van der Waals surface area contributed by atoms with Crippen molar-refractivity contribution in [1.82, 2.24) is 4.90 Å². The van der Waals surface area contributed by atoms with Gasteiger partial charge in [-0.1, -0.05) is 27.5 Å². The van der Waals surface area contributed by atoms with Crippen LogP contribution < -0.4 is 5.73 Å². The molecule has 2 N–H and O–H groups in total. The van der Waals surface area contributed by atoms with Gasteiger partial charge in [-0.05, 0) is 30.7 Å². The van der Waals surface area contributed by atoms with Crippen molar-refractivity contribution in [2.24, 2.45) is 5.73 Å². The van der Waals surface area contributed by atoms with Crippen molar-refractivity contribution < 1.29 is 9.47 Å². The molecule has 2 unspecified atom stereocenters. The standard InChI is InChI=1S/C15H24BrClN2O2/c1-11(10-21-3)19(6-7-20-2)15(9-18)13-8-12(17)4-5-14(13)16/h4-5,8,11,15H,6-7,9-10,18H2,1-3H3. The zero-order valence-corrected chi connectivity index (χ0v) is 15.2. The quantitative estimate of drug-likeness (QED) is 0.716. The molecule has 1 rings (SSSR count). The molecule has 120 valence electrons. The number of hydrogen-bond donors (Lipinski definition) is 1. The van der Waals surface area contributed by atoms with Crippen LogP contribution in [-0.2, 0) is 9.47 Å². The van der Waals surface area contributed by atoms with Crippen molar-refractivity contribution in [3.8, 4) is 0 Å². The predicted molar refractivity (Wildman–Crippen MR) is 90.9 cm³/mol. The molecule has 0 radical (unpaired) electrons. The minimum atomic E-state index is 0.0541. The number of nitrogens with two attached hydrogens (primary N) is 1. The van der Waals surface area contributed by atoms with Crippen LogP contribution in [0.1, 0.15) is 18.5 Å². The van der Waals surface area contributed by atoms with Crippen LogP contribution in [0.4, 0.5) is 0 Å². The van der Waals surface area contributed by atoms with Crippen molar-refractivity contribution in [3.63, 3.8) is 0 Å². The molecular formula is C15H24BrClN2O2. The second-order valence-electron chi connectivity index (χ2n) is 4.95. The fourth-order valence-corrected chi connectivity index (χ4v) is 3.12. The summed E-state index contributed by atoms with van der Waals surface area (Å²) in [7, 11) is 3.41. The van der Waals surface area contributed by atoms with E-state index in [0.717, 1.165) is 16.6 Å². The van der Waals surface area contributed by atoms with E-state index in [1.54, 1.807) is 14.2 Å². The Balaban J connectivity index is 3.07. The third-order valence-electron chi connectivity index (χ3n) is 3.47. The highest BCUT2D eigenvalue weighted by Gasteiger charge is 2.25. The molecule has 4 nitrogen and oxygen atoms in total. The fraction of sp³-hybridized carbons (Fsp3) is 0.600. The smallest absolute Gasteiger partial charge is 0.0615 e. The van der Waals surface area contributed by atoms with Gasteiger partial charge in [0.05, 0.1) is 13.2 Å². The number of ether oxygens (including phenoxy) is 2. The molecule has 0 amide bonds. The molecule has 0 bridgehead atoms. The molecule has 0 aliphatic carbocycles. The number of methoxy groups -OCH3 is 2. The maximum Gasteiger partial charge on any atom is 0.0615 e. The van der Waals surface area contributed by atoms with E-state index >= 15 is 0 Å². The topological polar surface area (TPSA) is 47.7 Å². The molecular weight excluding hydrogens is 356 g/mol. The first-order valence-electron chi connectivity index (χ1n) is 6.93. The molecule has 6 heteroatoms. The number of hydrogen-bond acceptors (Lipinski definition) is 4. The Morgan fingerprint density at radius 3 is 2.62 bits per heavy atom. The second-order valence-corrected chi connectivity index (χ2v) is 6.24. The predicted octanol–water partition coefficient (Wildman–Crippen LogP) is 3.09. The zero-order valence-electron chi connectivity index (χ0n) is 12.8. The van der Waals surface area contributed by atoms with Crippen LogP contribution in [0.25, 0.3) is 0 Å². The van der Waals surface area contributed by atoms with Gasteiger partial charge in [-0.25, -0.2) is 0 Å². The third-order valence-corrected chi connectivity index (χ3v) is 4.43. The maximum absolute atomic E-state index is 6.14. The molecule has 2 atom stereocenters. The molecule has 1 aromatic rings. The summed E-state index contributed by atoms with van der Waals surface area (Å²) in [6.07, 6.45) is 0. The second kappa shape index (κ2) is 9.77. The Bertz CT molecular complexity index is 434. The summed E-state index contributed by atoms with van der Waals surface area (Å²) in [5.74, 6) is 0. The van der Waals surface area contributed by atoms with Crippen LogP contribution in [-0.4, -0.2) is 51.5 Å². The first-order valence-corrected chi connectivity index (χ1v) is 8.10. The van der Waals surface area contributed by atoms with E-state index in [1.165, 1.54) is 0 Å². The van der Waals surface area contributed by atoms with Crippen LogP contribution in [0.15, 0.2) is 22.7 Å². The van der Waals surface area contributed by atoms with Crippen molar-refractivity contribution in [2.45, 2.75) is 19.0 Å². The summed E-state index contributed by atoms with van der Waals surface area (Å²) in [5.41, 5.74) is 7.13. The van der Waals surface area contributed by atoms with E-state index in [9.17, 15) is 0 Å². The first kappa shape index (κ1) is 18.9. The molecule has 0 aromatic heterocycles. The molecule has 0 fully saturated rings. The zero-order chi connectivity index (χ0) is 15.8. The number of halogens is 2. The lowest BCUT2D eigenvalue weighted by Gasteiger charge is -2.36. The van der Waals surface area contributed by atoms with Gasteiger partial charge in [0.25, 0.3) is 0 Å². The third kappa shape index (κ3) is 5.51. The monoisotopic (exact) mass is 378 g/mol. The molecule has 0 saturated carbocycles. The number of rotatable bonds is 9. The highest BCUT2D eigenvalue weighted by molar-refractivity contribution is 9.10. The summed E-state index contributed by atoms with van der Waals surface area (Å²) in [6.45, 7) is 4.68. The summed E-state index contributed by atoms with van der Waals surface area (Å²) in [5, 5.41) is 0.706. The summed E-state index contributed by atoms with van der Waals surface area (Å²) < 4.78 is 11.5. The molecule has 21 heavy (non-hydrogen) atoms. The Labute approximate surface area is 140 Å². The summed E-state index contributed by atoms with van der Waals surface area (Å²) >= 11 is 9.73. The van der Waals surface area contributed by atoms with Crippen molar-refractivity contribution in [2.75, 3.05) is 40.5 Å². The summed E-state index contributed by atoms with van der Waals surface area (Å²) in [4.78, 5) is 2.30. The normalized spacial score (nSPS) is 14.4. The van der Waals surface area contributed by atoms with E-state index in [1.807, 2.05) is 18.2 Å². The van der Waals surface area contributed by atoms with Crippen LogP contribution in [0.2, 0.25) is 5.02 Å². The Morgan fingerprint density at radius 2 is 2.05 bits per heavy atom. The van der Waals surface area contributed by atoms with Gasteiger partial charge in [-0.2, -0.15) is 0 Å². The minimum absolute atomic E-state index is 0.0541. The Kier molecular flexibility index (Phi) is 8.78. The van der Waals surface area contributed by atoms with Gasteiger partial charge in [0.2, 0.25) is 0 Å². The lowest BCUT2D eigenvalue weighted by molar-refractivity contribution is 0.0485. The van der Waals surface area contributed by atoms with E-state index in [4.69, 9.17) is 26.8 Å². The van der Waals surface area contributed by atoms with Gasteiger partial charge in [0.1, 0.15) is 0 Å². The largest absolute Gasteiger partial charge is 0.383 e. The molecule has 0 aliphatic rings. The number of benzene rings is 1. The van der Waals surface area contributed by atoms with Crippen LogP contribution in [0.3, 0.4) is 0 Å². The highest BCUT2D eigenvalue weighted by Crippen LogP contribution is 2.31. The SMILES string of the molecule is COCCN(C(C)COC)C(CN)c1cc(Cl)ccc1Br. The lowest BCUT2D eigenvalue weighted by Crippen LogP contribution is -2.44. The van der Waals surface area contributed by atoms with E-state index < -0.39 is 0 Å². The van der Waals surface area contributed by atoms with Gasteiger partial charge in [-0.15, -0.1) is 0 Å². The van der Waals surface area contributed by atoms with Gasteiger partial charge in [0, 0.05) is 48.9 Å². The van der Waals surface area contributed by atoms with Crippen molar-refractivity contribution in [1.29, 1.82) is 0 Å². The fourth-order valence-electron chi connectivity index (χ4n) is 2.43. The number of nitrogens with zero attached hydrogens (tertiary/aromatic N) is 1. The molecule has 1 aromatic carbocycles. The van der Waals surface area contributed by atoms with Crippen molar-refractivity contribution >= 4 is 27.5 Å². The van der Waals surface area contributed by atoms with Crippen LogP contribution >= 0.6 is 27.5 Å². The molecule has 0 aliphatic heterocycles. The van der Waals surface area contributed by atoms with Gasteiger partial charge in [0.15, 0.2) is 0 Å². The molecule has 0 saturated heterocycles. The Hall–Kier alpha value is -0.170. The molecule has 0 heterocycles. The Morgan fingerprint density at radius 1 is 1.33 bits per heavy atom. The maximum atomic E-state index is 6.14. The average Bonchev–Trinajstić information content (AvgIpc) is 2.46. The van der Waals surface area contributed by atoms with E-state index in [-0.39, 0.29) is 12.1 Å². The highest BCUT2D eigenvalue weighted by atomic mass is 79.9. The van der Waals surface area contributed by atoms with Crippen LogP contribution in [0.5, 0.6) is 0 Å². The molecule has 0 spiro atoms. The first-order chi connectivity index (χ1) is 10.0. The van der Waals surface area contributed by atoms with Gasteiger partial charge >= 0.3 is 0 Å².